The summed E-state index contributed by atoms with van der Waals surface area (Å²) in [7, 11) is 0. The van der Waals surface area contributed by atoms with Crippen LogP contribution in [0.15, 0.2) is 78.0 Å². The average molecular weight is 386 g/mol. The fraction of sp³-hybridized carbons (Fsp3) is 0.174. The number of rotatable bonds is 6. The van der Waals surface area contributed by atoms with E-state index in [1.165, 1.54) is 0 Å². The number of anilines is 2. The van der Waals surface area contributed by atoms with Gasteiger partial charge in [-0.1, -0.05) is 12.1 Å². The summed E-state index contributed by atoms with van der Waals surface area (Å²) < 4.78 is 5.77. The van der Waals surface area contributed by atoms with Crippen molar-refractivity contribution in [1.82, 2.24) is 4.98 Å². The lowest BCUT2D eigenvalue weighted by molar-refractivity contribution is 0.102. The van der Waals surface area contributed by atoms with Crippen LogP contribution in [0.5, 0.6) is 5.75 Å². The first-order chi connectivity index (χ1) is 14.2. The van der Waals surface area contributed by atoms with Crippen molar-refractivity contribution in [2.75, 3.05) is 16.9 Å². The molecule has 0 spiro atoms. The molecule has 146 valence electrons. The molecule has 0 atom stereocenters. The second-order valence-electron chi connectivity index (χ2n) is 6.85. The third kappa shape index (κ3) is 4.79. The van der Waals surface area contributed by atoms with Gasteiger partial charge in [-0.05, 0) is 55.5 Å². The number of hydrogen-bond acceptors (Lipinski definition) is 5. The van der Waals surface area contributed by atoms with Crippen molar-refractivity contribution in [3.8, 4) is 5.75 Å². The highest BCUT2D eigenvalue weighted by atomic mass is 16.5. The summed E-state index contributed by atoms with van der Waals surface area (Å²) >= 11 is 0. The molecule has 1 aliphatic heterocycles. The second-order valence-corrected chi connectivity index (χ2v) is 6.85. The van der Waals surface area contributed by atoms with Crippen molar-refractivity contribution in [3.63, 3.8) is 0 Å². The molecular weight excluding hydrogens is 364 g/mol. The zero-order valence-electron chi connectivity index (χ0n) is 16.2. The van der Waals surface area contributed by atoms with E-state index in [1.54, 1.807) is 12.3 Å². The second kappa shape index (κ2) is 8.56. The molecule has 1 N–H and O–H groups in total. The van der Waals surface area contributed by atoms with Gasteiger partial charge in [0.1, 0.15) is 12.4 Å². The number of hydrogen-bond donors (Lipinski definition) is 1. The Morgan fingerprint density at radius 2 is 1.97 bits per heavy atom. The van der Waals surface area contributed by atoms with Crippen LogP contribution in [0.2, 0.25) is 0 Å². The standard InChI is InChI=1S/C23H22N4O2/c1-17-12-14-27(26-17)21-10-8-18(9-11-21)23(28)25-19-6-4-7-22(15-19)29-16-20-5-2-3-13-24-20/h2-11,13,15H,12,14,16H2,1H3,(H,25,28). The van der Waals surface area contributed by atoms with Crippen molar-refractivity contribution in [3.05, 3.63) is 84.2 Å². The number of carbonyl (C=O) groups is 1. The van der Waals surface area contributed by atoms with Gasteiger partial charge in [0.05, 0.1) is 11.4 Å². The number of aromatic nitrogens is 1. The van der Waals surface area contributed by atoms with E-state index in [1.807, 2.05) is 72.6 Å². The van der Waals surface area contributed by atoms with Crippen LogP contribution in [0, 0.1) is 0 Å². The summed E-state index contributed by atoms with van der Waals surface area (Å²) in [6, 6.07) is 20.5. The highest BCUT2D eigenvalue weighted by Crippen LogP contribution is 2.22. The normalized spacial score (nSPS) is 13.1. The van der Waals surface area contributed by atoms with Gasteiger partial charge in [-0.15, -0.1) is 0 Å². The van der Waals surface area contributed by atoms with Crippen molar-refractivity contribution in [2.45, 2.75) is 20.0 Å². The van der Waals surface area contributed by atoms with Crippen LogP contribution in [-0.4, -0.2) is 23.1 Å². The Bertz CT molecular complexity index is 1020. The number of benzene rings is 2. The quantitative estimate of drug-likeness (QED) is 0.677. The van der Waals surface area contributed by atoms with E-state index in [0.29, 0.717) is 23.6 Å². The molecule has 0 saturated carbocycles. The predicted molar refractivity (Wildman–Crippen MR) is 114 cm³/mol. The van der Waals surface area contributed by atoms with E-state index in [2.05, 4.69) is 15.4 Å². The monoisotopic (exact) mass is 386 g/mol. The van der Waals surface area contributed by atoms with Gasteiger partial charge >= 0.3 is 0 Å². The predicted octanol–water partition coefficient (Wildman–Crippen LogP) is 4.50. The Morgan fingerprint density at radius 1 is 1.10 bits per heavy atom. The number of nitrogens with zero attached hydrogens (tertiary/aromatic N) is 3. The molecule has 0 radical (unpaired) electrons. The smallest absolute Gasteiger partial charge is 0.255 e. The summed E-state index contributed by atoms with van der Waals surface area (Å²) in [5.74, 6) is 0.505. The largest absolute Gasteiger partial charge is 0.487 e. The zero-order chi connectivity index (χ0) is 20.1. The highest BCUT2D eigenvalue weighted by Gasteiger charge is 2.13. The van der Waals surface area contributed by atoms with Crippen LogP contribution in [0.25, 0.3) is 0 Å². The maximum atomic E-state index is 12.6. The Kier molecular flexibility index (Phi) is 5.52. The fourth-order valence-electron chi connectivity index (χ4n) is 3.05. The van der Waals surface area contributed by atoms with E-state index >= 15 is 0 Å². The molecule has 1 aliphatic rings. The Labute approximate surface area is 169 Å². The Morgan fingerprint density at radius 3 is 2.69 bits per heavy atom. The van der Waals surface area contributed by atoms with Gasteiger partial charge in [0.25, 0.3) is 5.91 Å². The van der Waals surface area contributed by atoms with Gasteiger partial charge in [0, 0.05) is 42.2 Å². The van der Waals surface area contributed by atoms with Crippen LogP contribution >= 0.6 is 0 Å². The van der Waals surface area contributed by atoms with Crippen LogP contribution in [0.3, 0.4) is 0 Å². The summed E-state index contributed by atoms with van der Waals surface area (Å²) in [5, 5.41) is 9.36. The fourth-order valence-corrected chi connectivity index (χ4v) is 3.05. The third-order valence-corrected chi connectivity index (χ3v) is 4.61. The van der Waals surface area contributed by atoms with Crippen LogP contribution in [0.1, 0.15) is 29.4 Å². The SMILES string of the molecule is CC1=NN(c2ccc(C(=O)Nc3cccc(OCc4ccccn4)c3)cc2)CC1. The number of hydrazone groups is 1. The van der Waals surface area contributed by atoms with E-state index < -0.39 is 0 Å². The lowest BCUT2D eigenvalue weighted by Gasteiger charge is -2.14. The molecule has 2 aromatic carbocycles. The molecule has 0 unspecified atom stereocenters. The molecule has 29 heavy (non-hydrogen) atoms. The minimum absolute atomic E-state index is 0.167. The summed E-state index contributed by atoms with van der Waals surface area (Å²) in [6.45, 7) is 3.27. The van der Waals surface area contributed by atoms with Crippen molar-refractivity contribution >= 4 is 23.0 Å². The molecule has 1 aromatic heterocycles. The summed E-state index contributed by atoms with van der Waals surface area (Å²) in [5.41, 5.74) is 4.23. The first kappa shape index (κ1) is 18.7. The molecule has 6 heteroatoms. The molecule has 6 nitrogen and oxygen atoms in total. The van der Waals surface area contributed by atoms with Crippen molar-refractivity contribution in [2.24, 2.45) is 5.10 Å². The Hall–Kier alpha value is -3.67. The van der Waals surface area contributed by atoms with Gasteiger partial charge in [0.15, 0.2) is 0 Å². The molecule has 1 amide bonds. The summed E-state index contributed by atoms with van der Waals surface area (Å²) in [4.78, 5) is 16.8. The molecule has 3 aromatic rings. The van der Waals surface area contributed by atoms with Gasteiger partial charge < -0.3 is 10.1 Å². The first-order valence-corrected chi connectivity index (χ1v) is 9.53. The van der Waals surface area contributed by atoms with E-state index in [-0.39, 0.29) is 5.91 Å². The molecule has 0 aliphatic carbocycles. The average Bonchev–Trinajstić information content (AvgIpc) is 3.20. The van der Waals surface area contributed by atoms with E-state index in [0.717, 1.165) is 30.1 Å². The summed E-state index contributed by atoms with van der Waals surface area (Å²) in [6.07, 6.45) is 2.71. The minimum atomic E-state index is -0.167. The van der Waals surface area contributed by atoms with E-state index in [9.17, 15) is 4.79 Å². The molecular formula is C23H22N4O2. The number of ether oxygens (including phenoxy) is 1. The maximum Gasteiger partial charge on any atom is 0.255 e. The molecule has 0 bridgehead atoms. The van der Waals surface area contributed by atoms with Crippen molar-refractivity contribution in [1.29, 1.82) is 0 Å². The van der Waals surface area contributed by atoms with E-state index in [4.69, 9.17) is 4.74 Å². The Balaban J connectivity index is 1.38. The van der Waals surface area contributed by atoms with Gasteiger partial charge in [-0.25, -0.2) is 0 Å². The topological polar surface area (TPSA) is 66.8 Å². The lowest BCUT2D eigenvalue weighted by Crippen LogP contribution is -2.14. The zero-order valence-corrected chi connectivity index (χ0v) is 16.2. The van der Waals surface area contributed by atoms with Crippen molar-refractivity contribution < 1.29 is 9.53 Å². The van der Waals surface area contributed by atoms with Crippen LogP contribution < -0.4 is 15.1 Å². The van der Waals surface area contributed by atoms with Crippen LogP contribution in [-0.2, 0) is 6.61 Å². The van der Waals surface area contributed by atoms with Gasteiger partial charge in [-0.3, -0.25) is 14.8 Å². The number of amides is 1. The third-order valence-electron chi connectivity index (χ3n) is 4.61. The van der Waals surface area contributed by atoms with Gasteiger partial charge in [-0.2, -0.15) is 5.10 Å². The van der Waals surface area contributed by atoms with Gasteiger partial charge in [0.2, 0.25) is 0 Å². The number of carbonyl (C=O) groups excluding carboxylic acids is 1. The number of nitrogens with one attached hydrogen (secondary N) is 1. The maximum absolute atomic E-state index is 12.6. The van der Waals surface area contributed by atoms with Crippen LogP contribution in [0.4, 0.5) is 11.4 Å². The number of pyridine rings is 1. The lowest BCUT2D eigenvalue weighted by atomic mass is 10.2. The first-order valence-electron chi connectivity index (χ1n) is 9.53. The highest BCUT2D eigenvalue weighted by molar-refractivity contribution is 6.04. The molecule has 0 fully saturated rings. The minimum Gasteiger partial charge on any atom is -0.487 e. The molecule has 4 rings (SSSR count). The molecule has 2 heterocycles. The molecule has 0 saturated heterocycles.